The van der Waals surface area contributed by atoms with Crippen molar-refractivity contribution in [1.29, 1.82) is 0 Å². The molecule has 0 fully saturated rings. The van der Waals surface area contributed by atoms with Crippen LogP contribution >= 0.6 is 0 Å². The fraction of sp³-hybridized carbons (Fsp3) is 0.133. The second kappa shape index (κ2) is 4.31. The van der Waals surface area contributed by atoms with E-state index in [9.17, 15) is 0 Å². The fourth-order valence-corrected chi connectivity index (χ4v) is 2.18. The van der Waals surface area contributed by atoms with Crippen molar-refractivity contribution in [2.45, 2.75) is 13.3 Å². The number of aryl methyl sites for hydroxylation is 1. The van der Waals surface area contributed by atoms with E-state index in [-0.39, 0.29) is 0 Å². The predicted molar refractivity (Wildman–Crippen MR) is 77.6 cm³/mol. The SMILES string of the molecule is CCc1c(N)ccc2oc(-c3ccc(N)cc3)nc12. The van der Waals surface area contributed by atoms with Crippen molar-refractivity contribution in [2.24, 2.45) is 0 Å². The van der Waals surface area contributed by atoms with E-state index in [1.54, 1.807) is 0 Å². The molecule has 3 rings (SSSR count). The van der Waals surface area contributed by atoms with Crippen molar-refractivity contribution < 1.29 is 4.42 Å². The second-order valence-electron chi connectivity index (χ2n) is 4.47. The third-order valence-corrected chi connectivity index (χ3v) is 3.21. The normalized spacial score (nSPS) is 11.0. The van der Waals surface area contributed by atoms with E-state index >= 15 is 0 Å². The number of nitrogens with zero attached hydrogens (tertiary/aromatic N) is 1. The summed E-state index contributed by atoms with van der Waals surface area (Å²) in [6, 6.07) is 11.2. The van der Waals surface area contributed by atoms with Gasteiger partial charge in [-0.05, 0) is 42.8 Å². The molecule has 0 atom stereocenters. The molecule has 0 aliphatic rings. The van der Waals surface area contributed by atoms with Crippen molar-refractivity contribution in [3.63, 3.8) is 0 Å². The maximum atomic E-state index is 5.97. The van der Waals surface area contributed by atoms with Crippen LogP contribution in [0.3, 0.4) is 0 Å². The maximum Gasteiger partial charge on any atom is 0.227 e. The molecule has 0 amide bonds. The molecule has 1 aromatic heterocycles. The summed E-state index contributed by atoms with van der Waals surface area (Å²) in [6.45, 7) is 2.06. The Hall–Kier alpha value is -2.49. The first kappa shape index (κ1) is 11.6. The van der Waals surface area contributed by atoms with E-state index in [2.05, 4.69) is 11.9 Å². The van der Waals surface area contributed by atoms with Gasteiger partial charge < -0.3 is 15.9 Å². The van der Waals surface area contributed by atoms with E-state index < -0.39 is 0 Å². The van der Waals surface area contributed by atoms with Gasteiger partial charge in [0.1, 0.15) is 5.52 Å². The summed E-state index contributed by atoms with van der Waals surface area (Å²) < 4.78 is 5.78. The van der Waals surface area contributed by atoms with E-state index in [1.165, 1.54) is 0 Å². The number of nitrogens with two attached hydrogens (primary N) is 2. The fourth-order valence-electron chi connectivity index (χ4n) is 2.18. The minimum Gasteiger partial charge on any atom is -0.436 e. The summed E-state index contributed by atoms with van der Waals surface area (Å²) in [5.74, 6) is 0.593. The molecule has 0 radical (unpaired) electrons. The zero-order valence-electron chi connectivity index (χ0n) is 10.7. The topological polar surface area (TPSA) is 78.1 Å². The Bertz CT molecular complexity index is 729. The Morgan fingerprint density at radius 2 is 1.79 bits per heavy atom. The van der Waals surface area contributed by atoms with Gasteiger partial charge in [0.15, 0.2) is 5.58 Å². The van der Waals surface area contributed by atoms with Crippen molar-refractivity contribution >= 4 is 22.5 Å². The van der Waals surface area contributed by atoms with E-state index in [4.69, 9.17) is 15.9 Å². The number of oxazole rings is 1. The summed E-state index contributed by atoms with van der Waals surface area (Å²) in [5.41, 5.74) is 16.7. The average Bonchev–Trinajstić information content (AvgIpc) is 2.83. The number of anilines is 2. The Balaban J connectivity index is 2.19. The summed E-state index contributed by atoms with van der Waals surface area (Å²) in [4.78, 5) is 4.56. The van der Waals surface area contributed by atoms with E-state index in [0.29, 0.717) is 5.89 Å². The molecule has 4 heteroatoms. The zero-order valence-corrected chi connectivity index (χ0v) is 10.7. The Kier molecular flexibility index (Phi) is 2.63. The molecule has 96 valence electrons. The molecule has 0 aliphatic heterocycles. The van der Waals surface area contributed by atoms with E-state index in [0.717, 1.165) is 40.0 Å². The first-order chi connectivity index (χ1) is 9.19. The zero-order chi connectivity index (χ0) is 13.4. The van der Waals surface area contributed by atoms with Gasteiger partial charge in [0.05, 0.1) is 0 Å². The van der Waals surface area contributed by atoms with Gasteiger partial charge in [-0.25, -0.2) is 4.98 Å². The first-order valence-electron chi connectivity index (χ1n) is 6.23. The summed E-state index contributed by atoms with van der Waals surface area (Å²) in [5, 5.41) is 0. The lowest BCUT2D eigenvalue weighted by Gasteiger charge is -2.01. The lowest BCUT2D eigenvalue weighted by atomic mass is 10.1. The van der Waals surface area contributed by atoms with Gasteiger partial charge in [-0.2, -0.15) is 0 Å². The number of fused-ring (bicyclic) bond motifs is 1. The monoisotopic (exact) mass is 253 g/mol. The van der Waals surface area contributed by atoms with Crippen LogP contribution < -0.4 is 11.5 Å². The largest absolute Gasteiger partial charge is 0.436 e. The Morgan fingerprint density at radius 1 is 1.05 bits per heavy atom. The van der Waals surface area contributed by atoms with Gasteiger partial charge in [-0.3, -0.25) is 0 Å². The third kappa shape index (κ3) is 1.91. The molecule has 0 spiro atoms. The quantitative estimate of drug-likeness (QED) is 0.687. The number of hydrogen-bond donors (Lipinski definition) is 2. The molecule has 0 saturated heterocycles. The van der Waals surface area contributed by atoms with Crippen LogP contribution in [-0.4, -0.2) is 4.98 Å². The molecule has 1 heterocycles. The maximum absolute atomic E-state index is 5.97. The van der Waals surface area contributed by atoms with Crippen molar-refractivity contribution in [1.82, 2.24) is 4.98 Å². The molecule has 0 aliphatic carbocycles. The summed E-state index contributed by atoms with van der Waals surface area (Å²) in [6.07, 6.45) is 0.830. The van der Waals surface area contributed by atoms with Crippen LogP contribution in [0.25, 0.3) is 22.6 Å². The minimum atomic E-state index is 0.593. The highest BCUT2D eigenvalue weighted by Gasteiger charge is 2.12. The van der Waals surface area contributed by atoms with Crippen LogP contribution in [0.15, 0.2) is 40.8 Å². The Morgan fingerprint density at radius 3 is 2.47 bits per heavy atom. The lowest BCUT2D eigenvalue weighted by molar-refractivity contribution is 0.620. The van der Waals surface area contributed by atoms with E-state index in [1.807, 2.05) is 36.4 Å². The molecule has 2 aromatic carbocycles. The van der Waals surface area contributed by atoms with Crippen LogP contribution in [0.1, 0.15) is 12.5 Å². The van der Waals surface area contributed by atoms with Crippen molar-refractivity contribution in [3.8, 4) is 11.5 Å². The van der Waals surface area contributed by atoms with Crippen LogP contribution in [0.2, 0.25) is 0 Å². The van der Waals surface area contributed by atoms with Gasteiger partial charge in [0, 0.05) is 22.5 Å². The molecule has 0 bridgehead atoms. The Labute approximate surface area is 111 Å². The van der Waals surface area contributed by atoms with Crippen molar-refractivity contribution in [2.75, 3.05) is 11.5 Å². The molecule has 19 heavy (non-hydrogen) atoms. The molecule has 0 saturated carbocycles. The lowest BCUT2D eigenvalue weighted by Crippen LogP contribution is -1.93. The molecule has 0 unspecified atom stereocenters. The standard InChI is InChI=1S/C15H15N3O/c1-2-11-12(17)7-8-13-14(11)18-15(19-13)9-3-5-10(16)6-4-9/h3-8H,2,16-17H2,1H3. The van der Waals surface area contributed by atoms with Gasteiger partial charge in [-0.1, -0.05) is 6.92 Å². The predicted octanol–water partition coefficient (Wildman–Crippen LogP) is 3.22. The highest BCUT2D eigenvalue weighted by Crippen LogP contribution is 2.29. The number of rotatable bonds is 2. The van der Waals surface area contributed by atoms with Gasteiger partial charge >= 0.3 is 0 Å². The van der Waals surface area contributed by atoms with Gasteiger partial charge in [-0.15, -0.1) is 0 Å². The molecule has 4 nitrogen and oxygen atoms in total. The smallest absolute Gasteiger partial charge is 0.227 e. The summed E-state index contributed by atoms with van der Waals surface area (Å²) in [7, 11) is 0. The third-order valence-electron chi connectivity index (χ3n) is 3.21. The highest BCUT2D eigenvalue weighted by atomic mass is 16.3. The van der Waals surface area contributed by atoms with Gasteiger partial charge in [0.2, 0.25) is 5.89 Å². The number of benzene rings is 2. The number of aromatic nitrogens is 1. The van der Waals surface area contributed by atoms with Crippen LogP contribution in [0.5, 0.6) is 0 Å². The number of nitrogen functional groups attached to an aromatic ring is 2. The minimum absolute atomic E-state index is 0.593. The van der Waals surface area contributed by atoms with Gasteiger partial charge in [0.25, 0.3) is 0 Å². The molecule has 3 aromatic rings. The number of hydrogen-bond acceptors (Lipinski definition) is 4. The van der Waals surface area contributed by atoms with Crippen LogP contribution in [0.4, 0.5) is 11.4 Å². The highest BCUT2D eigenvalue weighted by molar-refractivity contribution is 5.84. The molecule has 4 N–H and O–H groups in total. The average molecular weight is 253 g/mol. The second-order valence-corrected chi connectivity index (χ2v) is 4.47. The van der Waals surface area contributed by atoms with Crippen LogP contribution in [-0.2, 0) is 6.42 Å². The first-order valence-corrected chi connectivity index (χ1v) is 6.23. The summed E-state index contributed by atoms with van der Waals surface area (Å²) >= 11 is 0. The van der Waals surface area contributed by atoms with Crippen molar-refractivity contribution in [3.05, 3.63) is 42.0 Å². The van der Waals surface area contributed by atoms with Crippen LogP contribution in [0, 0.1) is 0 Å². The molecular weight excluding hydrogens is 238 g/mol. The molecular formula is C15H15N3O.